The first-order valence-corrected chi connectivity index (χ1v) is 6.90. The minimum atomic E-state index is -0.494. The van der Waals surface area contributed by atoms with E-state index >= 15 is 0 Å². The first-order chi connectivity index (χ1) is 10.6. The van der Waals surface area contributed by atoms with Crippen LogP contribution in [-0.4, -0.2) is 9.97 Å². The molecule has 3 heterocycles. The van der Waals surface area contributed by atoms with Crippen molar-refractivity contribution in [2.75, 3.05) is 0 Å². The maximum Gasteiger partial charge on any atom is 0.343 e. The van der Waals surface area contributed by atoms with Crippen molar-refractivity contribution < 1.29 is 9.15 Å². The van der Waals surface area contributed by atoms with E-state index in [0.29, 0.717) is 33.7 Å². The molecule has 0 bridgehead atoms. The van der Waals surface area contributed by atoms with Crippen LogP contribution in [0.5, 0.6) is 11.6 Å². The Bertz CT molecular complexity index is 1030. The fourth-order valence-electron chi connectivity index (χ4n) is 2.89. The number of benzene rings is 1. The van der Waals surface area contributed by atoms with Crippen molar-refractivity contribution >= 4 is 11.0 Å². The number of ether oxygens (including phenoxy) is 1. The fourth-order valence-corrected chi connectivity index (χ4v) is 2.89. The number of nitrogens with one attached hydrogen (secondary N) is 1. The van der Waals surface area contributed by atoms with E-state index in [2.05, 4.69) is 9.97 Å². The highest BCUT2D eigenvalue weighted by Gasteiger charge is 2.33. The quantitative estimate of drug-likeness (QED) is 0.644. The topological polar surface area (TPSA) is 85.2 Å². The lowest BCUT2D eigenvalue weighted by Gasteiger charge is -2.23. The minimum Gasteiger partial charge on any atom is -0.437 e. The van der Waals surface area contributed by atoms with E-state index in [1.165, 1.54) is 0 Å². The molecular weight excluding hydrogens is 284 g/mol. The van der Waals surface area contributed by atoms with E-state index in [4.69, 9.17) is 9.15 Å². The van der Waals surface area contributed by atoms with Gasteiger partial charge in [-0.25, -0.2) is 4.79 Å². The number of aromatic amines is 1. The van der Waals surface area contributed by atoms with Gasteiger partial charge < -0.3 is 14.1 Å². The number of aromatic nitrogens is 2. The Labute approximate surface area is 124 Å². The molecule has 6 nitrogen and oxygen atoms in total. The van der Waals surface area contributed by atoms with Crippen LogP contribution in [0, 0.1) is 6.92 Å². The van der Waals surface area contributed by atoms with Crippen LogP contribution in [0.2, 0.25) is 0 Å². The van der Waals surface area contributed by atoms with Gasteiger partial charge >= 0.3 is 5.63 Å². The van der Waals surface area contributed by atoms with Gasteiger partial charge in [-0.2, -0.15) is 4.98 Å². The SMILES string of the molecule is Cc1nc2c(c(=O)[nH]1)C(C)c1c(c3ccccc3oc1=O)O2. The molecule has 22 heavy (non-hydrogen) atoms. The maximum atomic E-state index is 12.3. The van der Waals surface area contributed by atoms with E-state index in [9.17, 15) is 9.59 Å². The van der Waals surface area contributed by atoms with Crippen LogP contribution >= 0.6 is 0 Å². The largest absolute Gasteiger partial charge is 0.437 e. The number of hydrogen-bond acceptors (Lipinski definition) is 5. The summed E-state index contributed by atoms with van der Waals surface area (Å²) in [6.07, 6.45) is 0. The zero-order chi connectivity index (χ0) is 15.4. The van der Waals surface area contributed by atoms with Gasteiger partial charge in [0, 0.05) is 5.92 Å². The number of para-hydroxylation sites is 1. The Morgan fingerprint density at radius 3 is 2.77 bits per heavy atom. The van der Waals surface area contributed by atoms with Gasteiger partial charge in [0.2, 0.25) is 5.88 Å². The predicted molar refractivity (Wildman–Crippen MR) is 79.7 cm³/mol. The normalized spacial score (nSPS) is 16.0. The van der Waals surface area contributed by atoms with E-state index in [1.54, 1.807) is 26.0 Å². The van der Waals surface area contributed by atoms with Gasteiger partial charge in [0.15, 0.2) is 5.75 Å². The van der Waals surface area contributed by atoms with Gasteiger partial charge in [-0.1, -0.05) is 19.1 Å². The lowest BCUT2D eigenvalue weighted by molar-refractivity contribution is 0.415. The van der Waals surface area contributed by atoms with Gasteiger partial charge in [0.1, 0.15) is 11.4 Å². The second-order valence-electron chi connectivity index (χ2n) is 5.32. The van der Waals surface area contributed by atoms with Crippen LogP contribution in [0.3, 0.4) is 0 Å². The van der Waals surface area contributed by atoms with Crippen molar-refractivity contribution in [1.29, 1.82) is 0 Å². The molecule has 1 aromatic carbocycles. The molecule has 1 N–H and O–H groups in total. The van der Waals surface area contributed by atoms with Crippen LogP contribution < -0.4 is 15.9 Å². The predicted octanol–water partition coefficient (Wildman–Crippen LogP) is 2.44. The summed E-state index contributed by atoms with van der Waals surface area (Å²) in [5.41, 5.74) is 0.353. The standard InChI is InChI=1S/C16H12N2O4/c1-7-11-13(9-5-3-4-6-10(9)21-16(11)20)22-15-12(7)14(19)17-8(2)18-15/h3-7H,1-2H3,(H,17,18,19). The second kappa shape index (κ2) is 4.30. The van der Waals surface area contributed by atoms with Crippen molar-refractivity contribution in [3.05, 3.63) is 62.0 Å². The third-order valence-electron chi connectivity index (χ3n) is 3.90. The molecule has 1 aliphatic heterocycles. The Morgan fingerprint density at radius 1 is 1.18 bits per heavy atom. The highest BCUT2D eigenvalue weighted by atomic mass is 16.5. The van der Waals surface area contributed by atoms with E-state index in [-0.39, 0.29) is 11.4 Å². The van der Waals surface area contributed by atoms with Gasteiger partial charge in [0.05, 0.1) is 16.5 Å². The smallest absolute Gasteiger partial charge is 0.343 e. The van der Waals surface area contributed by atoms with Crippen molar-refractivity contribution in [3.63, 3.8) is 0 Å². The summed E-state index contributed by atoms with van der Waals surface area (Å²) >= 11 is 0. The number of hydrogen-bond donors (Lipinski definition) is 1. The molecule has 3 aromatic rings. The third kappa shape index (κ3) is 1.64. The van der Waals surface area contributed by atoms with Crippen LogP contribution in [0.15, 0.2) is 38.3 Å². The molecule has 0 aliphatic carbocycles. The van der Waals surface area contributed by atoms with E-state index in [0.717, 1.165) is 0 Å². The molecule has 0 amide bonds. The molecular formula is C16H12N2O4. The first-order valence-electron chi connectivity index (χ1n) is 6.90. The van der Waals surface area contributed by atoms with Crippen LogP contribution in [-0.2, 0) is 0 Å². The summed E-state index contributed by atoms with van der Waals surface area (Å²) in [5.74, 6) is 0.685. The zero-order valence-electron chi connectivity index (χ0n) is 12.0. The van der Waals surface area contributed by atoms with E-state index < -0.39 is 11.5 Å². The summed E-state index contributed by atoms with van der Waals surface area (Å²) in [7, 11) is 0. The molecule has 1 unspecified atom stereocenters. The van der Waals surface area contributed by atoms with Gasteiger partial charge in [-0.05, 0) is 19.1 Å². The molecule has 0 spiro atoms. The number of nitrogens with zero attached hydrogens (tertiary/aromatic N) is 1. The number of H-pyrrole nitrogens is 1. The molecule has 110 valence electrons. The van der Waals surface area contributed by atoms with Crippen LogP contribution in [0.1, 0.15) is 29.8 Å². The molecule has 0 saturated carbocycles. The van der Waals surface area contributed by atoms with Gasteiger partial charge in [-0.15, -0.1) is 0 Å². The average Bonchev–Trinajstić information content (AvgIpc) is 2.46. The summed E-state index contributed by atoms with van der Waals surface area (Å²) in [5, 5.41) is 0.689. The van der Waals surface area contributed by atoms with Gasteiger partial charge in [0.25, 0.3) is 5.56 Å². The minimum absolute atomic E-state index is 0.247. The molecule has 1 aliphatic rings. The first kappa shape index (κ1) is 12.8. The average molecular weight is 296 g/mol. The monoisotopic (exact) mass is 296 g/mol. The summed E-state index contributed by atoms with van der Waals surface area (Å²) in [4.78, 5) is 31.4. The highest BCUT2D eigenvalue weighted by molar-refractivity contribution is 5.85. The van der Waals surface area contributed by atoms with E-state index in [1.807, 2.05) is 12.1 Å². The third-order valence-corrected chi connectivity index (χ3v) is 3.90. The summed E-state index contributed by atoms with van der Waals surface area (Å²) in [6.45, 7) is 3.46. The van der Waals surface area contributed by atoms with Gasteiger partial charge in [-0.3, -0.25) is 4.79 Å². The molecule has 6 heteroatoms. The Morgan fingerprint density at radius 2 is 1.95 bits per heavy atom. The fraction of sp³-hybridized carbons (Fsp3) is 0.188. The Kier molecular flexibility index (Phi) is 2.51. The lowest BCUT2D eigenvalue weighted by atomic mass is 9.92. The van der Waals surface area contributed by atoms with Crippen molar-refractivity contribution in [3.8, 4) is 11.6 Å². The van der Waals surface area contributed by atoms with Crippen LogP contribution in [0.25, 0.3) is 11.0 Å². The number of fused-ring (bicyclic) bond motifs is 4. The molecule has 2 aromatic heterocycles. The number of rotatable bonds is 0. The van der Waals surface area contributed by atoms with Crippen molar-refractivity contribution in [1.82, 2.24) is 9.97 Å². The number of aryl methyl sites for hydroxylation is 1. The lowest BCUT2D eigenvalue weighted by Crippen LogP contribution is -2.26. The molecule has 0 radical (unpaired) electrons. The van der Waals surface area contributed by atoms with Crippen molar-refractivity contribution in [2.45, 2.75) is 19.8 Å². The molecule has 0 fully saturated rings. The maximum absolute atomic E-state index is 12.3. The summed E-state index contributed by atoms with van der Waals surface area (Å²) < 4.78 is 11.2. The Hall–Kier alpha value is -2.89. The highest BCUT2D eigenvalue weighted by Crippen LogP contribution is 2.42. The van der Waals surface area contributed by atoms with Crippen LogP contribution in [0.4, 0.5) is 0 Å². The summed E-state index contributed by atoms with van der Waals surface area (Å²) in [6, 6.07) is 7.14. The second-order valence-corrected chi connectivity index (χ2v) is 5.32. The molecule has 0 saturated heterocycles. The zero-order valence-corrected chi connectivity index (χ0v) is 12.0. The molecule has 1 atom stereocenters. The van der Waals surface area contributed by atoms with Crippen molar-refractivity contribution in [2.24, 2.45) is 0 Å². The molecule has 4 rings (SSSR count). The Balaban J connectivity index is 2.11.